The standard InChI is InChI=1S/C15H22O5/c1-11-7-4-5-9-13(11)20-10-6-2-3-8-12(14(16)17)15(18)19/h4-5,7,9,12,14,16-17H,2-3,6,8,10H2,1H3,(H,18,19). The molecule has 0 aliphatic carbocycles. The van der Waals surface area contributed by atoms with Crippen molar-refractivity contribution in [3.05, 3.63) is 29.8 Å². The maximum absolute atomic E-state index is 10.7. The summed E-state index contributed by atoms with van der Waals surface area (Å²) < 4.78 is 5.62. The van der Waals surface area contributed by atoms with Crippen LogP contribution in [-0.2, 0) is 4.79 Å². The van der Waals surface area contributed by atoms with E-state index in [1.807, 2.05) is 31.2 Å². The molecule has 1 rings (SSSR count). The number of aliphatic hydroxyl groups is 2. The van der Waals surface area contributed by atoms with Gasteiger partial charge in [0.15, 0.2) is 6.29 Å². The Hall–Kier alpha value is -1.59. The Morgan fingerprint density at radius 2 is 1.90 bits per heavy atom. The molecule has 0 saturated carbocycles. The monoisotopic (exact) mass is 282 g/mol. The van der Waals surface area contributed by atoms with Crippen LogP contribution in [-0.4, -0.2) is 34.2 Å². The molecule has 0 aliphatic rings. The zero-order chi connectivity index (χ0) is 15.0. The average Bonchev–Trinajstić information content (AvgIpc) is 2.38. The predicted molar refractivity (Wildman–Crippen MR) is 74.5 cm³/mol. The van der Waals surface area contributed by atoms with Gasteiger partial charge in [-0.15, -0.1) is 0 Å². The molecule has 1 unspecified atom stereocenters. The minimum absolute atomic E-state index is 0.261. The van der Waals surface area contributed by atoms with E-state index in [0.29, 0.717) is 13.0 Å². The third-order valence-electron chi connectivity index (χ3n) is 3.19. The quantitative estimate of drug-likeness (QED) is 0.476. The van der Waals surface area contributed by atoms with E-state index in [2.05, 4.69) is 0 Å². The van der Waals surface area contributed by atoms with Gasteiger partial charge in [-0.2, -0.15) is 0 Å². The number of para-hydroxylation sites is 1. The maximum Gasteiger partial charge on any atom is 0.311 e. The fourth-order valence-corrected chi connectivity index (χ4v) is 1.94. The first-order valence-corrected chi connectivity index (χ1v) is 6.79. The van der Waals surface area contributed by atoms with Gasteiger partial charge in [-0.25, -0.2) is 0 Å². The molecule has 5 nitrogen and oxygen atoms in total. The van der Waals surface area contributed by atoms with Gasteiger partial charge in [0.2, 0.25) is 0 Å². The van der Waals surface area contributed by atoms with Crippen LogP contribution < -0.4 is 4.74 Å². The Morgan fingerprint density at radius 3 is 2.50 bits per heavy atom. The summed E-state index contributed by atoms with van der Waals surface area (Å²) >= 11 is 0. The number of aliphatic carboxylic acids is 1. The highest BCUT2D eigenvalue weighted by Gasteiger charge is 2.23. The van der Waals surface area contributed by atoms with Crippen molar-refractivity contribution in [2.75, 3.05) is 6.61 Å². The number of rotatable bonds is 9. The molecular formula is C15H22O5. The van der Waals surface area contributed by atoms with Gasteiger partial charge >= 0.3 is 5.97 Å². The third-order valence-corrected chi connectivity index (χ3v) is 3.19. The van der Waals surface area contributed by atoms with E-state index in [1.165, 1.54) is 0 Å². The molecule has 1 atom stereocenters. The van der Waals surface area contributed by atoms with Crippen molar-refractivity contribution >= 4 is 5.97 Å². The topological polar surface area (TPSA) is 87.0 Å². The fraction of sp³-hybridized carbons (Fsp3) is 0.533. The van der Waals surface area contributed by atoms with Gasteiger partial charge in [-0.1, -0.05) is 31.0 Å². The molecule has 1 aromatic carbocycles. The molecule has 0 amide bonds. The Bertz CT molecular complexity index is 416. The lowest BCUT2D eigenvalue weighted by Gasteiger charge is -2.14. The molecule has 0 radical (unpaired) electrons. The van der Waals surface area contributed by atoms with Gasteiger partial charge in [0, 0.05) is 0 Å². The van der Waals surface area contributed by atoms with Gasteiger partial charge in [0.1, 0.15) is 11.7 Å². The second kappa shape index (κ2) is 8.55. The number of aryl methyl sites for hydroxylation is 1. The highest BCUT2D eigenvalue weighted by atomic mass is 16.5. The number of aliphatic hydroxyl groups excluding tert-OH is 1. The molecule has 3 N–H and O–H groups in total. The normalized spacial score (nSPS) is 12.4. The number of carboxylic acid groups (broad SMARTS) is 1. The van der Waals surface area contributed by atoms with Crippen LogP contribution in [0.1, 0.15) is 31.2 Å². The van der Waals surface area contributed by atoms with Crippen LogP contribution in [0.5, 0.6) is 5.75 Å². The molecule has 0 fully saturated rings. The first-order valence-electron chi connectivity index (χ1n) is 6.79. The highest BCUT2D eigenvalue weighted by Crippen LogP contribution is 2.17. The highest BCUT2D eigenvalue weighted by molar-refractivity contribution is 5.70. The lowest BCUT2D eigenvalue weighted by molar-refractivity contribution is -0.159. The fourth-order valence-electron chi connectivity index (χ4n) is 1.94. The SMILES string of the molecule is Cc1ccccc1OCCCCCC(C(=O)O)C(O)O. The molecule has 0 aromatic heterocycles. The summed E-state index contributed by atoms with van der Waals surface area (Å²) in [5, 5.41) is 26.6. The predicted octanol–water partition coefficient (Wildman–Crippen LogP) is 1.95. The van der Waals surface area contributed by atoms with Crippen molar-refractivity contribution < 1.29 is 24.9 Å². The Morgan fingerprint density at radius 1 is 1.20 bits per heavy atom. The van der Waals surface area contributed by atoms with Crippen LogP contribution in [0.4, 0.5) is 0 Å². The number of carboxylic acids is 1. The lowest BCUT2D eigenvalue weighted by atomic mass is 10.0. The van der Waals surface area contributed by atoms with Crippen molar-refractivity contribution in [3.8, 4) is 5.75 Å². The van der Waals surface area contributed by atoms with E-state index in [0.717, 1.165) is 24.2 Å². The molecule has 1 aromatic rings. The van der Waals surface area contributed by atoms with E-state index in [-0.39, 0.29) is 6.42 Å². The van der Waals surface area contributed by atoms with Crippen LogP contribution in [0.25, 0.3) is 0 Å². The van der Waals surface area contributed by atoms with E-state index < -0.39 is 18.2 Å². The number of hydrogen-bond acceptors (Lipinski definition) is 4. The molecule has 0 bridgehead atoms. The number of unbranched alkanes of at least 4 members (excludes halogenated alkanes) is 2. The maximum atomic E-state index is 10.7. The lowest BCUT2D eigenvalue weighted by Crippen LogP contribution is -2.27. The first-order chi connectivity index (χ1) is 9.52. The molecular weight excluding hydrogens is 260 g/mol. The van der Waals surface area contributed by atoms with Crippen LogP contribution in [0.3, 0.4) is 0 Å². The second-order valence-corrected chi connectivity index (χ2v) is 4.82. The van der Waals surface area contributed by atoms with Gasteiger partial charge in [-0.05, 0) is 31.4 Å². The van der Waals surface area contributed by atoms with Gasteiger partial charge < -0.3 is 20.1 Å². The van der Waals surface area contributed by atoms with Crippen LogP contribution in [0.15, 0.2) is 24.3 Å². The van der Waals surface area contributed by atoms with Gasteiger partial charge in [0.25, 0.3) is 0 Å². The van der Waals surface area contributed by atoms with E-state index in [1.54, 1.807) is 0 Å². The summed E-state index contributed by atoms with van der Waals surface area (Å²) in [5.41, 5.74) is 1.09. The summed E-state index contributed by atoms with van der Waals surface area (Å²) in [6.45, 7) is 2.56. The zero-order valence-corrected chi connectivity index (χ0v) is 11.7. The number of hydrogen-bond donors (Lipinski definition) is 3. The minimum atomic E-state index is -1.80. The van der Waals surface area contributed by atoms with Crippen molar-refractivity contribution in [2.45, 2.75) is 38.9 Å². The van der Waals surface area contributed by atoms with Crippen LogP contribution in [0.2, 0.25) is 0 Å². The number of carbonyl (C=O) groups is 1. The van der Waals surface area contributed by atoms with Crippen molar-refractivity contribution in [2.24, 2.45) is 5.92 Å². The van der Waals surface area contributed by atoms with Crippen LogP contribution >= 0.6 is 0 Å². The largest absolute Gasteiger partial charge is 0.493 e. The van der Waals surface area contributed by atoms with Crippen molar-refractivity contribution in [3.63, 3.8) is 0 Å². The minimum Gasteiger partial charge on any atom is -0.493 e. The Labute approximate surface area is 118 Å². The first kappa shape index (κ1) is 16.5. The summed E-state index contributed by atoms with van der Waals surface area (Å²) in [6, 6.07) is 7.77. The van der Waals surface area contributed by atoms with E-state index in [4.69, 9.17) is 20.1 Å². The summed E-state index contributed by atoms with van der Waals surface area (Å²) in [4.78, 5) is 10.7. The number of benzene rings is 1. The Kier molecular flexibility index (Phi) is 7.04. The molecule has 0 spiro atoms. The zero-order valence-electron chi connectivity index (χ0n) is 11.7. The van der Waals surface area contributed by atoms with Crippen molar-refractivity contribution in [1.29, 1.82) is 0 Å². The smallest absolute Gasteiger partial charge is 0.311 e. The van der Waals surface area contributed by atoms with E-state index in [9.17, 15) is 4.79 Å². The molecule has 20 heavy (non-hydrogen) atoms. The number of ether oxygens (including phenoxy) is 1. The van der Waals surface area contributed by atoms with Crippen LogP contribution in [0, 0.1) is 12.8 Å². The molecule has 0 aliphatic heterocycles. The second-order valence-electron chi connectivity index (χ2n) is 4.82. The van der Waals surface area contributed by atoms with Gasteiger partial charge in [0.05, 0.1) is 6.61 Å². The molecule has 0 heterocycles. The molecule has 112 valence electrons. The molecule has 5 heteroatoms. The summed E-state index contributed by atoms with van der Waals surface area (Å²) in [6.07, 6.45) is 0.698. The van der Waals surface area contributed by atoms with Gasteiger partial charge in [-0.3, -0.25) is 4.79 Å². The molecule has 0 saturated heterocycles. The third kappa shape index (κ3) is 5.59. The summed E-state index contributed by atoms with van der Waals surface area (Å²) in [5.74, 6) is -1.41. The average molecular weight is 282 g/mol. The Balaban J connectivity index is 2.16. The summed E-state index contributed by atoms with van der Waals surface area (Å²) in [7, 11) is 0. The van der Waals surface area contributed by atoms with E-state index >= 15 is 0 Å². The van der Waals surface area contributed by atoms with Crippen molar-refractivity contribution in [1.82, 2.24) is 0 Å².